The van der Waals surface area contributed by atoms with Gasteiger partial charge in [-0.3, -0.25) is 4.99 Å². The molecule has 8 heteroatoms. The van der Waals surface area contributed by atoms with Gasteiger partial charge >= 0.3 is 5.97 Å². The lowest BCUT2D eigenvalue weighted by Gasteiger charge is -2.06. The molecule has 0 spiro atoms. The highest BCUT2D eigenvalue weighted by molar-refractivity contribution is 7.21. The van der Waals surface area contributed by atoms with Gasteiger partial charge in [0.2, 0.25) is 0 Å². The van der Waals surface area contributed by atoms with Crippen molar-refractivity contribution in [3.8, 4) is 11.3 Å². The summed E-state index contributed by atoms with van der Waals surface area (Å²) in [6.45, 7) is 2.00. The van der Waals surface area contributed by atoms with E-state index in [1.54, 1.807) is 12.1 Å². The molecule has 1 aromatic carbocycles. The maximum absolute atomic E-state index is 13.1. The number of aliphatic hydroxyl groups excluding tert-OH is 1. The van der Waals surface area contributed by atoms with E-state index in [2.05, 4.69) is 15.3 Å². The van der Waals surface area contributed by atoms with Crippen molar-refractivity contribution in [2.75, 3.05) is 18.5 Å². The van der Waals surface area contributed by atoms with Gasteiger partial charge < -0.3 is 15.5 Å². The Hall–Kier alpha value is -2.84. The molecule has 0 amide bonds. The molecule has 3 N–H and O–H groups in total. The van der Waals surface area contributed by atoms with Gasteiger partial charge in [-0.25, -0.2) is 14.2 Å². The average Bonchev–Trinajstić information content (AvgIpc) is 2.99. The molecular formula is C18H16FN3O3S. The first-order valence-electron chi connectivity index (χ1n) is 7.80. The second-order valence-electron chi connectivity index (χ2n) is 5.53. The lowest BCUT2D eigenvalue weighted by molar-refractivity contribution is 0.0703. The Balaban J connectivity index is 2.11. The fraction of sp³-hybridized carbons (Fsp3) is 0.167. The van der Waals surface area contributed by atoms with Crippen molar-refractivity contribution >= 4 is 39.5 Å². The minimum atomic E-state index is -1.06. The van der Waals surface area contributed by atoms with Crippen molar-refractivity contribution < 1.29 is 19.4 Å². The number of fused-ring (bicyclic) bond motifs is 1. The van der Waals surface area contributed by atoms with E-state index in [1.807, 2.05) is 13.0 Å². The lowest BCUT2D eigenvalue weighted by atomic mass is 10.1. The van der Waals surface area contributed by atoms with Gasteiger partial charge in [0.25, 0.3) is 0 Å². The molecule has 0 saturated heterocycles. The van der Waals surface area contributed by atoms with Crippen molar-refractivity contribution in [1.82, 2.24) is 4.98 Å². The van der Waals surface area contributed by atoms with Crippen LogP contribution in [0, 0.1) is 12.7 Å². The lowest BCUT2D eigenvalue weighted by Crippen LogP contribution is -2.03. The molecule has 134 valence electrons. The zero-order valence-electron chi connectivity index (χ0n) is 13.9. The van der Waals surface area contributed by atoms with Gasteiger partial charge in [0, 0.05) is 10.9 Å². The van der Waals surface area contributed by atoms with Gasteiger partial charge in [-0.15, -0.1) is 11.3 Å². The smallest absolute Gasteiger partial charge is 0.348 e. The first-order chi connectivity index (χ1) is 12.5. The van der Waals surface area contributed by atoms with Gasteiger partial charge in [0.05, 0.1) is 30.9 Å². The molecule has 2 aromatic heterocycles. The Kier molecular flexibility index (Phi) is 5.24. The number of carboxylic acids is 1. The highest BCUT2D eigenvalue weighted by Crippen LogP contribution is 2.38. The highest BCUT2D eigenvalue weighted by atomic mass is 32.1. The minimum Gasteiger partial charge on any atom is -0.477 e. The summed E-state index contributed by atoms with van der Waals surface area (Å²) < 4.78 is 13.1. The summed E-state index contributed by atoms with van der Waals surface area (Å²) in [6.07, 6.45) is 1.37. The van der Waals surface area contributed by atoms with E-state index in [4.69, 9.17) is 5.11 Å². The molecule has 0 aliphatic rings. The predicted octanol–water partition coefficient (Wildman–Crippen LogP) is 3.54. The van der Waals surface area contributed by atoms with Crippen molar-refractivity contribution in [1.29, 1.82) is 0 Å². The number of hydrogen-bond acceptors (Lipinski definition) is 5. The van der Waals surface area contributed by atoms with E-state index in [-0.39, 0.29) is 23.8 Å². The number of carbonyl (C=O) groups is 1. The number of halogens is 1. The third-order valence-electron chi connectivity index (χ3n) is 3.72. The molecule has 0 unspecified atom stereocenters. The van der Waals surface area contributed by atoms with Gasteiger partial charge in [-0.05, 0) is 42.8 Å². The number of aromatic nitrogens is 1. The van der Waals surface area contributed by atoms with E-state index in [0.29, 0.717) is 21.6 Å². The van der Waals surface area contributed by atoms with Crippen LogP contribution in [0.1, 0.15) is 15.2 Å². The monoisotopic (exact) mass is 373 g/mol. The second-order valence-corrected chi connectivity index (χ2v) is 6.53. The molecular weight excluding hydrogens is 357 g/mol. The Morgan fingerprint density at radius 2 is 2.12 bits per heavy atom. The molecule has 0 bridgehead atoms. The summed E-state index contributed by atoms with van der Waals surface area (Å²) in [4.78, 5) is 20.8. The van der Waals surface area contributed by atoms with Crippen molar-refractivity contribution in [2.45, 2.75) is 6.92 Å². The van der Waals surface area contributed by atoms with E-state index < -0.39 is 5.97 Å². The van der Waals surface area contributed by atoms with Gasteiger partial charge in [0.15, 0.2) is 0 Å². The maximum Gasteiger partial charge on any atom is 0.348 e. The van der Waals surface area contributed by atoms with Crippen LogP contribution in [-0.2, 0) is 0 Å². The molecule has 3 aromatic rings. The van der Waals surface area contributed by atoms with Crippen molar-refractivity contribution in [2.24, 2.45) is 4.99 Å². The van der Waals surface area contributed by atoms with Crippen molar-refractivity contribution in [3.05, 3.63) is 46.6 Å². The highest BCUT2D eigenvalue weighted by Gasteiger charge is 2.20. The zero-order valence-corrected chi connectivity index (χ0v) is 14.7. The van der Waals surface area contributed by atoms with Crippen LogP contribution >= 0.6 is 11.3 Å². The summed E-state index contributed by atoms with van der Waals surface area (Å²) in [5.41, 5.74) is 2.67. The molecule has 0 aliphatic carbocycles. The SMILES string of the molecule is Cc1cc(-c2ccc(F)cc2)nc2sc(C(=O)O)c(NC=NCCO)c12. The summed E-state index contributed by atoms with van der Waals surface area (Å²) in [5, 5.41) is 21.9. The Labute approximate surface area is 152 Å². The molecule has 2 heterocycles. The molecule has 26 heavy (non-hydrogen) atoms. The third kappa shape index (κ3) is 3.56. The number of carboxylic acid groups (broad SMARTS) is 1. The van der Waals surface area contributed by atoms with Crippen LogP contribution in [0.5, 0.6) is 0 Å². The molecule has 0 aliphatic heterocycles. The Bertz CT molecular complexity index is 984. The van der Waals surface area contributed by atoms with Gasteiger partial charge in [-0.2, -0.15) is 0 Å². The number of pyridine rings is 1. The maximum atomic E-state index is 13.1. The van der Waals surface area contributed by atoms with Crippen LogP contribution in [0.2, 0.25) is 0 Å². The Morgan fingerprint density at radius 3 is 2.77 bits per heavy atom. The number of nitrogens with one attached hydrogen (secondary N) is 1. The first-order valence-corrected chi connectivity index (χ1v) is 8.62. The van der Waals surface area contributed by atoms with Crippen LogP contribution in [0.3, 0.4) is 0 Å². The van der Waals surface area contributed by atoms with E-state index in [9.17, 15) is 14.3 Å². The number of aryl methyl sites for hydroxylation is 1. The predicted molar refractivity (Wildman–Crippen MR) is 101 cm³/mol. The standard InChI is InChI=1S/C18H16FN3O3S/c1-10-8-13(11-2-4-12(19)5-3-11)22-17-14(10)15(16(26-17)18(24)25)21-9-20-6-7-23/h2-5,8-9,23H,6-7H2,1H3,(H,20,21)(H,24,25). The summed E-state index contributed by atoms with van der Waals surface area (Å²) in [5.74, 6) is -1.39. The topological polar surface area (TPSA) is 94.8 Å². The molecule has 0 radical (unpaired) electrons. The number of aliphatic imine (C=N–C) groups is 1. The number of anilines is 1. The molecule has 3 rings (SSSR count). The van der Waals surface area contributed by atoms with Crippen molar-refractivity contribution in [3.63, 3.8) is 0 Å². The summed E-state index contributed by atoms with van der Waals surface area (Å²) >= 11 is 1.06. The van der Waals surface area contributed by atoms with Crippen LogP contribution in [-0.4, -0.2) is 40.7 Å². The number of hydrogen-bond donors (Lipinski definition) is 3. The fourth-order valence-electron chi connectivity index (χ4n) is 2.57. The van der Waals surface area contributed by atoms with Crippen LogP contribution < -0.4 is 5.32 Å². The van der Waals surface area contributed by atoms with Gasteiger partial charge in [0.1, 0.15) is 15.5 Å². The largest absolute Gasteiger partial charge is 0.477 e. The number of thiophene rings is 1. The zero-order chi connectivity index (χ0) is 18.7. The van der Waals surface area contributed by atoms with Gasteiger partial charge in [-0.1, -0.05) is 0 Å². The van der Waals surface area contributed by atoms with Crippen LogP contribution in [0.25, 0.3) is 21.5 Å². The summed E-state index contributed by atoms with van der Waals surface area (Å²) in [7, 11) is 0. The van der Waals surface area contributed by atoms with Crippen LogP contribution in [0.4, 0.5) is 10.1 Å². The quantitative estimate of drug-likeness (QED) is 0.454. The molecule has 0 fully saturated rings. The number of aliphatic hydroxyl groups is 1. The van der Waals surface area contributed by atoms with Crippen LogP contribution in [0.15, 0.2) is 35.3 Å². The molecule has 0 atom stereocenters. The normalized spacial score (nSPS) is 11.3. The number of rotatable bonds is 6. The van der Waals surface area contributed by atoms with E-state index in [0.717, 1.165) is 22.5 Å². The number of aromatic carboxylic acids is 1. The average molecular weight is 373 g/mol. The van der Waals surface area contributed by atoms with E-state index in [1.165, 1.54) is 18.5 Å². The first kappa shape index (κ1) is 18.0. The minimum absolute atomic E-state index is 0.0873. The second kappa shape index (κ2) is 7.59. The third-order valence-corrected chi connectivity index (χ3v) is 4.79. The Morgan fingerprint density at radius 1 is 1.38 bits per heavy atom. The molecule has 0 saturated carbocycles. The summed E-state index contributed by atoms with van der Waals surface area (Å²) in [6, 6.07) is 7.82. The number of nitrogens with zero attached hydrogens (tertiary/aromatic N) is 2. The number of benzene rings is 1. The molecule has 6 nitrogen and oxygen atoms in total. The fourth-order valence-corrected chi connectivity index (χ4v) is 3.62. The van der Waals surface area contributed by atoms with E-state index >= 15 is 0 Å².